The topological polar surface area (TPSA) is 51.5 Å². The number of halogens is 2. The van der Waals surface area contributed by atoms with Crippen LogP contribution in [0.4, 0.5) is 0 Å². The van der Waals surface area contributed by atoms with E-state index in [4.69, 9.17) is 27.9 Å². The zero-order chi connectivity index (χ0) is 20.4. The third-order valence-electron chi connectivity index (χ3n) is 4.61. The summed E-state index contributed by atoms with van der Waals surface area (Å²) in [6.45, 7) is 0.627. The van der Waals surface area contributed by atoms with Crippen LogP contribution in [-0.2, 0) is 17.8 Å². The first kappa shape index (κ1) is 19.4. The van der Waals surface area contributed by atoms with E-state index in [9.17, 15) is 9.90 Å². The van der Waals surface area contributed by atoms with Crippen molar-refractivity contribution in [2.75, 3.05) is 0 Å². The van der Waals surface area contributed by atoms with Gasteiger partial charge in [0.2, 0.25) is 0 Å². The summed E-state index contributed by atoms with van der Waals surface area (Å²) >= 11 is 12.1. The molecule has 29 heavy (non-hydrogen) atoms. The minimum Gasteiger partial charge on any atom is -0.481 e. The van der Waals surface area contributed by atoms with Crippen LogP contribution in [0.1, 0.15) is 11.1 Å². The van der Waals surface area contributed by atoms with Crippen molar-refractivity contribution in [3.63, 3.8) is 0 Å². The number of benzene rings is 3. The number of fused-ring (bicyclic) bond motifs is 1. The number of aliphatic carboxylic acids is 1. The van der Waals surface area contributed by atoms with Crippen LogP contribution >= 0.6 is 23.2 Å². The maximum Gasteiger partial charge on any atom is 0.307 e. The first-order valence-electron chi connectivity index (χ1n) is 9.00. The second-order valence-electron chi connectivity index (χ2n) is 6.69. The molecular formula is C23H17Cl2NO3. The van der Waals surface area contributed by atoms with E-state index < -0.39 is 5.97 Å². The molecule has 0 aliphatic heterocycles. The van der Waals surface area contributed by atoms with Crippen LogP contribution in [0.2, 0.25) is 10.0 Å². The molecule has 0 aliphatic rings. The molecule has 0 spiro atoms. The average Bonchev–Trinajstić information content (AvgIpc) is 3.02. The summed E-state index contributed by atoms with van der Waals surface area (Å²) in [5, 5.41) is 11.1. The number of rotatable bonds is 6. The highest BCUT2D eigenvalue weighted by atomic mass is 35.5. The molecule has 0 radical (unpaired) electrons. The van der Waals surface area contributed by atoms with Crippen molar-refractivity contribution >= 4 is 40.1 Å². The maximum absolute atomic E-state index is 11.2. The number of carboxylic acid groups (broad SMARTS) is 1. The first-order valence-corrected chi connectivity index (χ1v) is 9.75. The number of para-hydroxylation sites is 1. The summed E-state index contributed by atoms with van der Waals surface area (Å²) < 4.78 is 7.89. The van der Waals surface area contributed by atoms with Gasteiger partial charge in [-0.05, 0) is 47.5 Å². The minimum atomic E-state index is -0.838. The standard InChI is InChI=1S/C23H17Cl2NO3/c24-17-7-10-22(20(25)12-17)29-18-8-5-15(6-9-18)13-26-14-16(11-23(27)28)19-3-1-2-4-21(19)26/h1-10,12,14H,11,13H2,(H,27,28). The van der Waals surface area contributed by atoms with Gasteiger partial charge in [-0.3, -0.25) is 4.79 Å². The van der Waals surface area contributed by atoms with Crippen LogP contribution < -0.4 is 4.74 Å². The first-order chi connectivity index (χ1) is 14.0. The molecule has 1 N–H and O–H groups in total. The number of aromatic nitrogens is 1. The zero-order valence-electron chi connectivity index (χ0n) is 15.3. The van der Waals surface area contributed by atoms with E-state index in [2.05, 4.69) is 4.57 Å². The number of carboxylic acids is 1. The fourth-order valence-corrected chi connectivity index (χ4v) is 3.75. The molecule has 0 bridgehead atoms. The fraction of sp³-hybridized carbons (Fsp3) is 0.0870. The van der Waals surface area contributed by atoms with Gasteiger partial charge in [0.05, 0.1) is 11.4 Å². The summed E-state index contributed by atoms with van der Waals surface area (Å²) in [5.41, 5.74) is 2.89. The Morgan fingerprint density at radius 3 is 2.48 bits per heavy atom. The van der Waals surface area contributed by atoms with Crippen LogP contribution in [0.3, 0.4) is 0 Å². The highest BCUT2D eigenvalue weighted by molar-refractivity contribution is 6.35. The second-order valence-corrected chi connectivity index (χ2v) is 7.53. The molecular weight excluding hydrogens is 409 g/mol. The van der Waals surface area contributed by atoms with Crippen LogP contribution in [0, 0.1) is 0 Å². The van der Waals surface area contributed by atoms with Crippen LogP contribution in [0.5, 0.6) is 11.5 Å². The molecule has 146 valence electrons. The van der Waals surface area contributed by atoms with Crippen molar-refractivity contribution < 1.29 is 14.6 Å². The van der Waals surface area contributed by atoms with Crippen molar-refractivity contribution in [1.82, 2.24) is 4.57 Å². The normalized spacial score (nSPS) is 11.0. The summed E-state index contributed by atoms with van der Waals surface area (Å²) in [6, 6.07) is 20.6. The Bertz CT molecular complexity index is 1180. The maximum atomic E-state index is 11.2. The largest absolute Gasteiger partial charge is 0.481 e. The summed E-state index contributed by atoms with van der Waals surface area (Å²) in [4.78, 5) is 11.2. The minimum absolute atomic E-state index is 0.00213. The van der Waals surface area contributed by atoms with Crippen LogP contribution in [0.25, 0.3) is 10.9 Å². The molecule has 4 rings (SSSR count). The highest BCUT2D eigenvalue weighted by Gasteiger charge is 2.11. The van der Waals surface area contributed by atoms with Gasteiger partial charge in [-0.1, -0.05) is 53.5 Å². The van der Waals surface area contributed by atoms with Crippen LogP contribution in [0.15, 0.2) is 72.9 Å². The molecule has 0 atom stereocenters. The number of hydrogen-bond donors (Lipinski definition) is 1. The van der Waals surface area contributed by atoms with E-state index in [1.54, 1.807) is 18.2 Å². The van der Waals surface area contributed by atoms with E-state index in [-0.39, 0.29) is 6.42 Å². The van der Waals surface area contributed by atoms with Gasteiger partial charge in [-0.15, -0.1) is 0 Å². The van der Waals surface area contributed by atoms with Crippen molar-refractivity contribution in [1.29, 1.82) is 0 Å². The van der Waals surface area contributed by atoms with Gasteiger partial charge in [-0.2, -0.15) is 0 Å². The smallest absolute Gasteiger partial charge is 0.307 e. The Balaban J connectivity index is 1.55. The molecule has 0 saturated heterocycles. The lowest BCUT2D eigenvalue weighted by molar-refractivity contribution is -0.136. The van der Waals surface area contributed by atoms with Gasteiger partial charge >= 0.3 is 5.97 Å². The second kappa shape index (κ2) is 8.19. The van der Waals surface area contributed by atoms with E-state index >= 15 is 0 Å². The molecule has 4 aromatic rings. The Kier molecular flexibility index (Phi) is 5.47. The number of ether oxygens (including phenoxy) is 1. The Morgan fingerprint density at radius 2 is 1.76 bits per heavy atom. The Hall–Kier alpha value is -2.95. The molecule has 0 fully saturated rings. The predicted octanol–water partition coefficient (Wildman–Crippen LogP) is 6.42. The van der Waals surface area contributed by atoms with Gasteiger partial charge in [0, 0.05) is 28.7 Å². The molecule has 0 saturated carbocycles. The monoisotopic (exact) mass is 425 g/mol. The third kappa shape index (κ3) is 4.39. The number of hydrogen-bond acceptors (Lipinski definition) is 2. The highest BCUT2D eigenvalue weighted by Crippen LogP contribution is 2.32. The summed E-state index contributed by atoms with van der Waals surface area (Å²) in [5.74, 6) is 0.371. The molecule has 0 unspecified atom stereocenters. The van der Waals surface area contributed by atoms with Gasteiger partial charge in [0.1, 0.15) is 11.5 Å². The van der Waals surface area contributed by atoms with Crippen molar-refractivity contribution in [3.05, 3.63) is 94.1 Å². The van der Waals surface area contributed by atoms with E-state index in [1.165, 1.54) is 0 Å². The predicted molar refractivity (Wildman–Crippen MR) is 115 cm³/mol. The summed E-state index contributed by atoms with van der Waals surface area (Å²) in [6.07, 6.45) is 1.92. The SMILES string of the molecule is O=C(O)Cc1cn(Cc2ccc(Oc3ccc(Cl)cc3Cl)cc2)c2ccccc12. The number of carbonyl (C=O) groups is 1. The van der Waals surface area contributed by atoms with E-state index in [0.717, 1.165) is 22.0 Å². The summed E-state index contributed by atoms with van der Waals surface area (Å²) in [7, 11) is 0. The van der Waals surface area contributed by atoms with Crippen molar-refractivity contribution in [3.8, 4) is 11.5 Å². The van der Waals surface area contributed by atoms with Gasteiger partial charge in [0.25, 0.3) is 0 Å². The third-order valence-corrected chi connectivity index (χ3v) is 5.14. The van der Waals surface area contributed by atoms with Gasteiger partial charge in [0.15, 0.2) is 0 Å². The quantitative estimate of drug-likeness (QED) is 0.387. The Labute approximate surface area is 177 Å². The number of nitrogens with zero attached hydrogens (tertiary/aromatic N) is 1. The fourth-order valence-electron chi connectivity index (χ4n) is 3.30. The van der Waals surface area contributed by atoms with Crippen molar-refractivity contribution in [2.24, 2.45) is 0 Å². The van der Waals surface area contributed by atoms with E-state index in [0.29, 0.717) is 28.1 Å². The van der Waals surface area contributed by atoms with Crippen molar-refractivity contribution in [2.45, 2.75) is 13.0 Å². The zero-order valence-corrected chi connectivity index (χ0v) is 16.8. The average molecular weight is 426 g/mol. The molecule has 1 heterocycles. The lowest BCUT2D eigenvalue weighted by Crippen LogP contribution is -2.00. The molecule has 1 aromatic heterocycles. The molecule has 0 amide bonds. The lowest BCUT2D eigenvalue weighted by atomic mass is 10.1. The Morgan fingerprint density at radius 1 is 1.00 bits per heavy atom. The van der Waals surface area contributed by atoms with Gasteiger partial charge in [-0.25, -0.2) is 0 Å². The molecule has 4 nitrogen and oxygen atoms in total. The van der Waals surface area contributed by atoms with Crippen LogP contribution in [-0.4, -0.2) is 15.6 Å². The molecule has 6 heteroatoms. The molecule has 0 aliphatic carbocycles. The van der Waals surface area contributed by atoms with Gasteiger partial charge < -0.3 is 14.4 Å². The molecule has 3 aromatic carbocycles. The van der Waals surface area contributed by atoms with E-state index in [1.807, 2.05) is 54.7 Å². The lowest BCUT2D eigenvalue weighted by Gasteiger charge is -2.10.